The van der Waals surface area contributed by atoms with Crippen molar-refractivity contribution < 1.29 is 4.84 Å². The average molecular weight is 243 g/mol. The van der Waals surface area contributed by atoms with Gasteiger partial charge in [0, 0.05) is 23.7 Å². The van der Waals surface area contributed by atoms with E-state index in [2.05, 4.69) is 16.2 Å². The van der Waals surface area contributed by atoms with Crippen LogP contribution in [0.1, 0.15) is 19.4 Å². The summed E-state index contributed by atoms with van der Waals surface area (Å²) in [4.78, 5) is 9.32. The van der Waals surface area contributed by atoms with E-state index in [-0.39, 0.29) is 5.92 Å². The van der Waals surface area contributed by atoms with Crippen LogP contribution in [0.5, 0.6) is 0 Å². The molecular weight excluding hydrogens is 226 g/mol. The van der Waals surface area contributed by atoms with Crippen LogP contribution in [0, 0.1) is 5.92 Å². The number of nitrogens with zero attached hydrogens (tertiary/aromatic N) is 2. The Bertz CT molecular complexity index is 564. The molecule has 0 fully saturated rings. The summed E-state index contributed by atoms with van der Waals surface area (Å²) in [6, 6.07) is 8.07. The van der Waals surface area contributed by atoms with Gasteiger partial charge in [-0.25, -0.2) is 0 Å². The number of aromatic nitrogens is 1. The Balaban J connectivity index is 2.06. The van der Waals surface area contributed by atoms with E-state index in [0.717, 1.165) is 16.3 Å². The van der Waals surface area contributed by atoms with Gasteiger partial charge in [-0.15, -0.1) is 0 Å². The van der Waals surface area contributed by atoms with E-state index < -0.39 is 0 Å². The van der Waals surface area contributed by atoms with E-state index >= 15 is 0 Å². The molecule has 0 aliphatic carbocycles. The topological polar surface area (TPSA) is 60.5 Å². The van der Waals surface area contributed by atoms with Crippen molar-refractivity contribution in [3.8, 4) is 0 Å². The molecule has 1 aromatic carbocycles. The van der Waals surface area contributed by atoms with Crippen LogP contribution in [0.25, 0.3) is 10.8 Å². The van der Waals surface area contributed by atoms with Crippen molar-refractivity contribution in [1.29, 1.82) is 0 Å². The molecule has 0 aliphatic heterocycles. The van der Waals surface area contributed by atoms with Gasteiger partial charge in [0.1, 0.15) is 12.4 Å². The highest BCUT2D eigenvalue weighted by molar-refractivity contribution is 5.82. The molecule has 1 aromatic heterocycles. The largest absolute Gasteiger partial charge is 0.390 e. The van der Waals surface area contributed by atoms with Crippen molar-refractivity contribution in [3.05, 3.63) is 42.2 Å². The van der Waals surface area contributed by atoms with Crippen LogP contribution >= 0.6 is 0 Å². The molecule has 94 valence electrons. The lowest BCUT2D eigenvalue weighted by Gasteiger charge is -2.05. The summed E-state index contributed by atoms with van der Waals surface area (Å²) in [6.45, 7) is 4.38. The molecule has 0 unspecified atom stereocenters. The monoisotopic (exact) mass is 243 g/mol. The van der Waals surface area contributed by atoms with E-state index in [1.165, 1.54) is 0 Å². The Morgan fingerprint density at radius 1 is 1.33 bits per heavy atom. The quantitative estimate of drug-likeness (QED) is 0.510. The zero-order valence-electron chi connectivity index (χ0n) is 10.6. The molecule has 18 heavy (non-hydrogen) atoms. The van der Waals surface area contributed by atoms with Gasteiger partial charge in [-0.05, 0) is 23.1 Å². The summed E-state index contributed by atoms with van der Waals surface area (Å²) in [5.41, 5.74) is 6.75. The Morgan fingerprint density at radius 2 is 2.17 bits per heavy atom. The third-order valence-corrected chi connectivity index (χ3v) is 2.70. The molecule has 0 radical (unpaired) electrons. The highest BCUT2D eigenvalue weighted by atomic mass is 16.6. The van der Waals surface area contributed by atoms with Gasteiger partial charge in [-0.3, -0.25) is 4.98 Å². The molecule has 1 heterocycles. The summed E-state index contributed by atoms with van der Waals surface area (Å²) >= 11 is 0. The van der Waals surface area contributed by atoms with Crippen molar-refractivity contribution >= 4 is 16.6 Å². The van der Waals surface area contributed by atoms with Crippen LogP contribution in [-0.2, 0) is 11.4 Å². The zero-order chi connectivity index (χ0) is 13.0. The molecule has 0 amide bonds. The summed E-state index contributed by atoms with van der Waals surface area (Å²) in [6.07, 6.45) is 3.62. The first kappa shape index (κ1) is 12.4. The Morgan fingerprint density at radius 3 is 2.94 bits per heavy atom. The van der Waals surface area contributed by atoms with Gasteiger partial charge in [0.05, 0.1) is 0 Å². The second-order valence-corrected chi connectivity index (χ2v) is 4.50. The Kier molecular flexibility index (Phi) is 3.77. The number of hydrogen-bond acceptors (Lipinski definition) is 3. The number of fused-ring (bicyclic) bond motifs is 1. The summed E-state index contributed by atoms with van der Waals surface area (Å²) in [5.74, 6) is 0.715. The van der Waals surface area contributed by atoms with Crippen LogP contribution < -0.4 is 5.73 Å². The number of oxime groups is 1. The van der Waals surface area contributed by atoms with E-state index in [0.29, 0.717) is 12.4 Å². The zero-order valence-corrected chi connectivity index (χ0v) is 10.6. The summed E-state index contributed by atoms with van der Waals surface area (Å²) < 4.78 is 0. The molecule has 0 bridgehead atoms. The lowest BCUT2D eigenvalue weighted by atomic mass is 10.1. The number of rotatable bonds is 4. The maximum atomic E-state index is 5.69. The van der Waals surface area contributed by atoms with Crippen molar-refractivity contribution in [2.75, 3.05) is 0 Å². The molecular formula is C14H17N3O. The maximum absolute atomic E-state index is 5.69. The highest BCUT2D eigenvalue weighted by Crippen LogP contribution is 2.15. The van der Waals surface area contributed by atoms with E-state index in [4.69, 9.17) is 10.6 Å². The van der Waals surface area contributed by atoms with Crippen LogP contribution in [0.2, 0.25) is 0 Å². The van der Waals surface area contributed by atoms with Gasteiger partial charge < -0.3 is 10.6 Å². The molecule has 2 aromatic rings. The van der Waals surface area contributed by atoms with E-state index in [1.54, 1.807) is 6.20 Å². The van der Waals surface area contributed by atoms with Crippen LogP contribution in [0.4, 0.5) is 0 Å². The maximum Gasteiger partial charge on any atom is 0.142 e. The fraction of sp³-hybridized carbons (Fsp3) is 0.286. The SMILES string of the molecule is CC(C)/C(N)=N/OCc1ccc2cnccc2c1. The molecule has 0 spiro atoms. The van der Waals surface area contributed by atoms with Gasteiger partial charge in [0.15, 0.2) is 0 Å². The molecule has 0 saturated carbocycles. The van der Waals surface area contributed by atoms with Crippen molar-refractivity contribution in [3.63, 3.8) is 0 Å². The summed E-state index contributed by atoms with van der Waals surface area (Å²) in [5, 5.41) is 6.14. The predicted octanol–water partition coefficient (Wildman–Crippen LogP) is 2.68. The molecule has 4 heteroatoms. The van der Waals surface area contributed by atoms with Crippen LogP contribution in [0.3, 0.4) is 0 Å². The number of benzene rings is 1. The summed E-state index contributed by atoms with van der Waals surface area (Å²) in [7, 11) is 0. The smallest absolute Gasteiger partial charge is 0.142 e. The van der Waals surface area contributed by atoms with Crippen molar-refractivity contribution in [1.82, 2.24) is 4.98 Å². The standard InChI is InChI=1S/C14H17N3O/c1-10(2)14(15)17-18-9-11-3-4-13-8-16-6-5-12(13)7-11/h3-8,10H,9H2,1-2H3,(H2,15,17). The van der Waals surface area contributed by atoms with E-state index in [1.807, 2.05) is 38.2 Å². The lowest BCUT2D eigenvalue weighted by Crippen LogP contribution is -2.18. The van der Waals surface area contributed by atoms with Gasteiger partial charge in [-0.2, -0.15) is 0 Å². The number of nitrogens with two attached hydrogens (primary N) is 1. The Labute approximate surface area is 106 Å². The average Bonchev–Trinajstić information content (AvgIpc) is 2.38. The first-order valence-corrected chi connectivity index (χ1v) is 5.95. The van der Waals surface area contributed by atoms with E-state index in [9.17, 15) is 0 Å². The molecule has 0 aliphatic rings. The third-order valence-electron chi connectivity index (χ3n) is 2.70. The molecule has 2 rings (SSSR count). The number of pyridine rings is 1. The third kappa shape index (κ3) is 2.97. The molecule has 0 saturated heterocycles. The van der Waals surface area contributed by atoms with Gasteiger partial charge >= 0.3 is 0 Å². The molecule has 2 N–H and O–H groups in total. The number of hydrogen-bond donors (Lipinski definition) is 1. The predicted molar refractivity (Wildman–Crippen MR) is 73.0 cm³/mol. The lowest BCUT2D eigenvalue weighted by molar-refractivity contribution is 0.129. The Hall–Kier alpha value is -2.10. The van der Waals surface area contributed by atoms with Crippen LogP contribution in [-0.4, -0.2) is 10.8 Å². The number of amidine groups is 1. The van der Waals surface area contributed by atoms with Crippen molar-refractivity contribution in [2.24, 2.45) is 16.8 Å². The molecule has 4 nitrogen and oxygen atoms in total. The highest BCUT2D eigenvalue weighted by Gasteiger charge is 2.00. The first-order chi connectivity index (χ1) is 8.66. The molecule has 0 atom stereocenters. The van der Waals surface area contributed by atoms with Crippen LogP contribution in [0.15, 0.2) is 41.8 Å². The fourth-order valence-electron chi connectivity index (χ4n) is 1.51. The van der Waals surface area contributed by atoms with Gasteiger partial charge in [0.2, 0.25) is 0 Å². The normalized spacial score (nSPS) is 12.1. The minimum Gasteiger partial charge on any atom is -0.390 e. The second-order valence-electron chi connectivity index (χ2n) is 4.50. The van der Waals surface area contributed by atoms with Crippen molar-refractivity contribution in [2.45, 2.75) is 20.5 Å². The minimum atomic E-state index is 0.202. The second kappa shape index (κ2) is 5.49. The minimum absolute atomic E-state index is 0.202. The fourth-order valence-corrected chi connectivity index (χ4v) is 1.51. The van der Waals surface area contributed by atoms with Gasteiger partial charge in [0.25, 0.3) is 0 Å². The first-order valence-electron chi connectivity index (χ1n) is 5.95. The van der Waals surface area contributed by atoms with Gasteiger partial charge in [-0.1, -0.05) is 31.1 Å².